The maximum absolute atomic E-state index is 5.39. The number of nitrogens with zero attached hydrogens (tertiary/aromatic N) is 5. The molecular formula is C15H17N5OS2. The maximum Gasteiger partial charge on any atom is 0.239 e. The van der Waals surface area contributed by atoms with Crippen molar-refractivity contribution in [1.29, 1.82) is 0 Å². The molecule has 8 heteroatoms. The van der Waals surface area contributed by atoms with Gasteiger partial charge in [-0.3, -0.25) is 0 Å². The molecule has 0 amide bonds. The molecule has 3 aromatic rings. The summed E-state index contributed by atoms with van der Waals surface area (Å²) < 4.78 is 7.43. The summed E-state index contributed by atoms with van der Waals surface area (Å²) in [6.45, 7) is 2.06. The average molecular weight is 347 g/mol. The van der Waals surface area contributed by atoms with Crippen LogP contribution in [0.3, 0.4) is 0 Å². The van der Waals surface area contributed by atoms with Crippen LogP contribution in [0.5, 0.6) is 0 Å². The van der Waals surface area contributed by atoms with Crippen molar-refractivity contribution in [1.82, 2.24) is 24.9 Å². The highest BCUT2D eigenvalue weighted by molar-refractivity contribution is 7.99. The van der Waals surface area contributed by atoms with Gasteiger partial charge >= 0.3 is 0 Å². The summed E-state index contributed by atoms with van der Waals surface area (Å²) in [7, 11) is 2.00. The van der Waals surface area contributed by atoms with E-state index in [0.29, 0.717) is 11.8 Å². The molecule has 4 rings (SSSR count). The van der Waals surface area contributed by atoms with Gasteiger partial charge in [0.25, 0.3) is 0 Å². The molecule has 0 spiro atoms. The molecule has 3 heterocycles. The number of thioether (sulfide) groups is 1. The van der Waals surface area contributed by atoms with Gasteiger partial charge in [-0.2, -0.15) is 4.98 Å². The first-order valence-corrected chi connectivity index (χ1v) is 9.37. The molecule has 1 saturated carbocycles. The number of aromatic nitrogens is 5. The predicted octanol–water partition coefficient (Wildman–Crippen LogP) is 3.58. The fourth-order valence-electron chi connectivity index (χ4n) is 2.30. The van der Waals surface area contributed by atoms with Gasteiger partial charge in [0.2, 0.25) is 5.89 Å². The third-order valence-corrected chi connectivity index (χ3v) is 5.87. The second kappa shape index (κ2) is 6.09. The highest BCUT2D eigenvalue weighted by Gasteiger charge is 2.30. The van der Waals surface area contributed by atoms with Crippen LogP contribution in [0.15, 0.2) is 27.2 Å². The van der Waals surface area contributed by atoms with Crippen molar-refractivity contribution in [3.63, 3.8) is 0 Å². The SMILES string of the molecule is C[C@H](Sc1nnc(Cc2cccs2)n1C)c1nc(C2CC2)no1. The Bertz CT molecular complexity index is 791. The van der Waals surface area contributed by atoms with Gasteiger partial charge in [-0.05, 0) is 31.2 Å². The Morgan fingerprint density at radius 3 is 3.04 bits per heavy atom. The van der Waals surface area contributed by atoms with E-state index in [1.165, 1.54) is 17.7 Å². The van der Waals surface area contributed by atoms with Gasteiger partial charge in [-0.25, -0.2) is 0 Å². The molecule has 0 unspecified atom stereocenters. The summed E-state index contributed by atoms with van der Waals surface area (Å²) in [5, 5.41) is 15.7. The summed E-state index contributed by atoms with van der Waals surface area (Å²) in [5.41, 5.74) is 0. The van der Waals surface area contributed by atoms with E-state index in [1.54, 1.807) is 23.1 Å². The van der Waals surface area contributed by atoms with Crippen LogP contribution < -0.4 is 0 Å². The summed E-state index contributed by atoms with van der Waals surface area (Å²) in [6.07, 6.45) is 3.16. The second-order valence-corrected chi connectivity index (χ2v) is 8.08. The van der Waals surface area contributed by atoms with Crippen LogP contribution in [0.1, 0.15) is 53.3 Å². The van der Waals surface area contributed by atoms with E-state index in [1.807, 2.05) is 11.6 Å². The highest BCUT2D eigenvalue weighted by atomic mass is 32.2. The van der Waals surface area contributed by atoms with E-state index in [-0.39, 0.29) is 5.25 Å². The second-order valence-electron chi connectivity index (χ2n) is 5.74. The van der Waals surface area contributed by atoms with Crippen LogP contribution in [-0.4, -0.2) is 24.9 Å². The smallest absolute Gasteiger partial charge is 0.239 e. The normalized spacial score (nSPS) is 15.9. The minimum absolute atomic E-state index is 0.0625. The lowest BCUT2D eigenvalue weighted by Gasteiger charge is -2.06. The Kier molecular flexibility index (Phi) is 3.94. The summed E-state index contributed by atoms with van der Waals surface area (Å²) in [6, 6.07) is 4.17. The lowest BCUT2D eigenvalue weighted by Crippen LogP contribution is -2.00. The highest BCUT2D eigenvalue weighted by Crippen LogP contribution is 2.40. The average Bonchev–Trinajstić information content (AvgIpc) is 2.96. The fraction of sp³-hybridized carbons (Fsp3) is 0.467. The molecule has 0 saturated heterocycles. The van der Waals surface area contributed by atoms with E-state index in [0.717, 1.165) is 23.2 Å². The number of hydrogen-bond donors (Lipinski definition) is 0. The van der Waals surface area contributed by atoms with Crippen molar-refractivity contribution in [2.24, 2.45) is 7.05 Å². The third-order valence-electron chi connectivity index (χ3n) is 3.87. The van der Waals surface area contributed by atoms with E-state index in [2.05, 4.69) is 44.8 Å². The minimum atomic E-state index is 0.0625. The molecular weight excluding hydrogens is 330 g/mol. The Balaban J connectivity index is 1.46. The third kappa shape index (κ3) is 3.18. The number of hydrogen-bond acceptors (Lipinski definition) is 7. The van der Waals surface area contributed by atoms with Crippen LogP contribution >= 0.6 is 23.1 Å². The zero-order valence-electron chi connectivity index (χ0n) is 13.0. The molecule has 0 aromatic carbocycles. The van der Waals surface area contributed by atoms with Crippen molar-refractivity contribution >= 4 is 23.1 Å². The lowest BCUT2D eigenvalue weighted by molar-refractivity contribution is 0.374. The Morgan fingerprint density at radius 2 is 2.30 bits per heavy atom. The molecule has 6 nitrogen and oxygen atoms in total. The molecule has 0 N–H and O–H groups in total. The van der Waals surface area contributed by atoms with Crippen molar-refractivity contribution in [3.05, 3.63) is 39.9 Å². The van der Waals surface area contributed by atoms with Gasteiger partial charge in [0, 0.05) is 24.3 Å². The van der Waals surface area contributed by atoms with E-state index in [9.17, 15) is 0 Å². The zero-order chi connectivity index (χ0) is 15.8. The fourth-order valence-corrected chi connectivity index (χ4v) is 3.86. The van der Waals surface area contributed by atoms with Gasteiger partial charge in [0.05, 0.1) is 5.25 Å². The molecule has 0 radical (unpaired) electrons. The molecule has 120 valence electrons. The topological polar surface area (TPSA) is 69.6 Å². The standard InChI is InChI=1S/C15H17N5OS2/c1-9(14-16-13(19-21-14)10-5-6-10)23-15-18-17-12(20(15)2)8-11-4-3-7-22-11/h3-4,7,9-10H,5-6,8H2,1-2H3/t9-/m0/s1. The summed E-state index contributed by atoms with van der Waals surface area (Å²) in [4.78, 5) is 5.80. The van der Waals surface area contributed by atoms with Gasteiger partial charge in [-0.1, -0.05) is 23.0 Å². The molecule has 0 aliphatic heterocycles. The molecule has 3 aromatic heterocycles. The minimum Gasteiger partial charge on any atom is -0.338 e. The Hall–Kier alpha value is -1.67. The monoisotopic (exact) mass is 347 g/mol. The van der Waals surface area contributed by atoms with Gasteiger partial charge in [0.1, 0.15) is 5.82 Å². The van der Waals surface area contributed by atoms with Gasteiger partial charge in [0.15, 0.2) is 11.0 Å². The van der Waals surface area contributed by atoms with Crippen molar-refractivity contribution < 1.29 is 4.52 Å². The van der Waals surface area contributed by atoms with Gasteiger partial charge in [-0.15, -0.1) is 21.5 Å². The zero-order valence-corrected chi connectivity index (χ0v) is 14.6. The van der Waals surface area contributed by atoms with Crippen LogP contribution in [0.2, 0.25) is 0 Å². The van der Waals surface area contributed by atoms with Crippen LogP contribution in [0.25, 0.3) is 0 Å². The van der Waals surface area contributed by atoms with E-state index in [4.69, 9.17) is 4.52 Å². The van der Waals surface area contributed by atoms with Crippen molar-refractivity contribution in [2.45, 2.75) is 42.5 Å². The van der Waals surface area contributed by atoms with Gasteiger partial charge < -0.3 is 9.09 Å². The van der Waals surface area contributed by atoms with Crippen LogP contribution in [0, 0.1) is 0 Å². The van der Waals surface area contributed by atoms with E-state index < -0.39 is 0 Å². The first-order chi connectivity index (χ1) is 11.2. The van der Waals surface area contributed by atoms with Crippen molar-refractivity contribution in [3.8, 4) is 0 Å². The molecule has 0 bridgehead atoms. The summed E-state index contributed by atoms with van der Waals surface area (Å²) >= 11 is 3.34. The van der Waals surface area contributed by atoms with Crippen molar-refractivity contribution in [2.75, 3.05) is 0 Å². The molecule has 1 fully saturated rings. The molecule has 23 heavy (non-hydrogen) atoms. The first-order valence-electron chi connectivity index (χ1n) is 7.61. The lowest BCUT2D eigenvalue weighted by atomic mass is 10.3. The maximum atomic E-state index is 5.39. The first kappa shape index (κ1) is 14.9. The predicted molar refractivity (Wildman–Crippen MR) is 88.7 cm³/mol. The largest absolute Gasteiger partial charge is 0.338 e. The molecule has 1 aliphatic carbocycles. The molecule has 1 atom stereocenters. The van der Waals surface area contributed by atoms with E-state index >= 15 is 0 Å². The molecule has 1 aliphatic rings. The van der Waals surface area contributed by atoms with Crippen LogP contribution in [-0.2, 0) is 13.5 Å². The number of thiophene rings is 1. The Morgan fingerprint density at radius 1 is 1.43 bits per heavy atom. The Labute approximate surface area is 142 Å². The quantitative estimate of drug-likeness (QED) is 0.635. The van der Waals surface area contributed by atoms with Crippen LogP contribution in [0.4, 0.5) is 0 Å². The number of rotatable bonds is 6. The summed E-state index contributed by atoms with van der Waals surface area (Å²) in [5.74, 6) is 2.99.